The lowest BCUT2D eigenvalue weighted by Crippen LogP contribution is -2.50. The van der Waals surface area contributed by atoms with Crippen LogP contribution in [-0.2, 0) is 23.1 Å². The summed E-state index contributed by atoms with van der Waals surface area (Å²) in [6.07, 6.45) is 5.32. The number of sulfonamides is 1. The fraction of sp³-hybridized carbons (Fsp3) is 0.524. The van der Waals surface area contributed by atoms with Gasteiger partial charge >= 0.3 is 0 Å². The fourth-order valence-electron chi connectivity index (χ4n) is 3.54. The van der Waals surface area contributed by atoms with E-state index in [1.54, 1.807) is 17.4 Å². The molecule has 2 N–H and O–H groups in total. The lowest BCUT2D eigenvalue weighted by atomic mass is 10.1. The van der Waals surface area contributed by atoms with Gasteiger partial charge in [0.1, 0.15) is 12.4 Å². The number of aliphatic imine (C=N–C) groups is 1. The van der Waals surface area contributed by atoms with Gasteiger partial charge < -0.3 is 15.2 Å². The summed E-state index contributed by atoms with van der Waals surface area (Å²) in [5.41, 5.74) is 1.22. The second kappa shape index (κ2) is 10.6. The average molecular weight is 433 g/mol. The molecule has 30 heavy (non-hydrogen) atoms. The van der Waals surface area contributed by atoms with Crippen LogP contribution in [0.25, 0.3) is 0 Å². The van der Waals surface area contributed by atoms with E-state index in [1.165, 1.54) is 5.56 Å². The first kappa shape index (κ1) is 22.3. The van der Waals surface area contributed by atoms with Gasteiger partial charge in [-0.15, -0.1) is 0 Å². The van der Waals surface area contributed by atoms with Crippen LogP contribution in [0.1, 0.15) is 38.1 Å². The predicted octanol–water partition coefficient (Wildman–Crippen LogP) is 1.80. The Hall–Kier alpha value is -2.39. The first-order valence-electron chi connectivity index (χ1n) is 10.6. The van der Waals surface area contributed by atoms with Crippen molar-refractivity contribution < 1.29 is 8.42 Å². The molecule has 1 aliphatic heterocycles. The molecule has 3 rings (SSSR count). The fourth-order valence-corrected chi connectivity index (χ4v) is 4.67. The Kier molecular flexibility index (Phi) is 7.87. The maximum atomic E-state index is 12.0. The van der Waals surface area contributed by atoms with E-state index in [0.717, 1.165) is 37.7 Å². The molecule has 1 aliphatic rings. The summed E-state index contributed by atoms with van der Waals surface area (Å²) in [6.45, 7) is 6.82. The van der Waals surface area contributed by atoms with Crippen molar-refractivity contribution in [2.45, 2.75) is 45.8 Å². The number of nitrogens with zero attached hydrogens (tertiary/aromatic N) is 4. The quantitative estimate of drug-likeness (QED) is 0.490. The maximum absolute atomic E-state index is 12.0. The van der Waals surface area contributed by atoms with Crippen LogP contribution in [0.15, 0.2) is 47.7 Å². The van der Waals surface area contributed by atoms with E-state index in [2.05, 4.69) is 32.3 Å². The van der Waals surface area contributed by atoms with Crippen molar-refractivity contribution in [3.05, 3.63) is 54.1 Å². The molecular formula is C21H32N6O2S. The van der Waals surface area contributed by atoms with Crippen LogP contribution in [-0.4, -0.2) is 59.7 Å². The lowest BCUT2D eigenvalue weighted by Gasteiger charge is -2.32. The predicted molar refractivity (Wildman–Crippen MR) is 120 cm³/mol. The van der Waals surface area contributed by atoms with Gasteiger partial charge in [-0.1, -0.05) is 30.3 Å². The SMILES string of the molecule is CCNC(=NCc1nccn1Cc1ccccc1)NC1CCN(S(=O)(=O)CC)CC1. The first-order chi connectivity index (χ1) is 14.5. The molecule has 0 unspecified atom stereocenters. The summed E-state index contributed by atoms with van der Waals surface area (Å²) < 4.78 is 27.8. The normalized spacial score (nSPS) is 16.5. The standard InChI is InChI=1S/C21H32N6O2S/c1-3-22-21(25-19-10-13-27(14-11-19)30(28,29)4-2)24-16-20-23-12-15-26(20)17-18-8-6-5-7-9-18/h5-9,12,15,19H,3-4,10-11,13-14,16-17H2,1-2H3,(H2,22,24,25). The third-order valence-corrected chi connectivity index (χ3v) is 7.15. The highest BCUT2D eigenvalue weighted by atomic mass is 32.2. The Morgan fingerprint density at radius 1 is 1.20 bits per heavy atom. The molecule has 0 amide bonds. The van der Waals surface area contributed by atoms with Gasteiger partial charge in [-0.25, -0.2) is 22.7 Å². The molecule has 1 aromatic heterocycles. The largest absolute Gasteiger partial charge is 0.357 e. The van der Waals surface area contributed by atoms with Crippen molar-refractivity contribution in [2.75, 3.05) is 25.4 Å². The highest BCUT2D eigenvalue weighted by Crippen LogP contribution is 2.14. The van der Waals surface area contributed by atoms with Crippen molar-refractivity contribution in [3.8, 4) is 0 Å². The van der Waals surface area contributed by atoms with Gasteiger partial charge in [0.15, 0.2) is 5.96 Å². The van der Waals surface area contributed by atoms with Gasteiger partial charge in [0.05, 0.1) is 5.75 Å². The smallest absolute Gasteiger partial charge is 0.213 e. The van der Waals surface area contributed by atoms with Crippen molar-refractivity contribution in [1.29, 1.82) is 0 Å². The van der Waals surface area contributed by atoms with Gasteiger partial charge in [-0.3, -0.25) is 0 Å². The van der Waals surface area contributed by atoms with E-state index >= 15 is 0 Å². The first-order valence-corrected chi connectivity index (χ1v) is 12.2. The van der Waals surface area contributed by atoms with E-state index < -0.39 is 10.0 Å². The number of hydrogen-bond donors (Lipinski definition) is 2. The molecule has 164 valence electrons. The Labute approximate surface area is 179 Å². The average Bonchev–Trinajstić information content (AvgIpc) is 3.20. The van der Waals surface area contributed by atoms with Crippen LogP contribution < -0.4 is 10.6 Å². The van der Waals surface area contributed by atoms with Gasteiger partial charge in [-0.2, -0.15) is 0 Å². The van der Waals surface area contributed by atoms with Crippen LogP contribution in [0.2, 0.25) is 0 Å². The minimum absolute atomic E-state index is 0.158. The molecule has 2 aromatic rings. The molecular weight excluding hydrogens is 400 g/mol. The van der Waals surface area contributed by atoms with Gasteiger partial charge in [0.2, 0.25) is 10.0 Å². The van der Waals surface area contributed by atoms with Crippen molar-refractivity contribution in [3.63, 3.8) is 0 Å². The molecule has 0 saturated carbocycles. The van der Waals surface area contributed by atoms with Crippen molar-refractivity contribution >= 4 is 16.0 Å². The number of imidazole rings is 1. The number of guanidine groups is 1. The number of hydrogen-bond acceptors (Lipinski definition) is 4. The number of aromatic nitrogens is 2. The summed E-state index contributed by atoms with van der Waals surface area (Å²) in [4.78, 5) is 9.18. The topological polar surface area (TPSA) is 91.6 Å². The number of benzene rings is 1. The highest BCUT2D eigenvalue weighted by molar-refractivity contribution is 7.89. The van der Waals surface area contributed by atoms with Crippen molar-refractivity contribution in [1.82, 2.24) is 24.5 Å². The highest BCUT2D eigenvalue weighted by Gasteiger charge is 2.27. The van der Waals surface area contributed by atoms with E-state index in [4.69, 9.17) is 4.99 Å². The lowest BCUT2D eigenvalue weighted by molar-refractivity contribution is 0.306. The van der Waals surface area contributed by atoms with Crippen molar-refractivity contribution in [2.24, 2.45) is 4.99 Å². The summed E-state index contributed by atoms with van der Waals surface area (Å²) in [5, 5.41) is 6.74. The van der Waals surface area contributed by atoms with Crippen LogP contribution in [0, 0.1) is 0 Å². The molecule has 1 saturated heterocycles. The summed E-state index contributed by atoms with van der Waals surface area (Å²) in [7, 11) is -3.11. The van der Waals surface area contributed by atoms with Crippen LogP contribution >= 0.6 is 0 Å². The van der Waals surface area contributed by atoms with Crippen LogP contribution in [0.3, 0.4) is 0 Å². The maximum Gasteiger partial charge on any atom is 0.213 e. The van der Waals surface area contributed by atoms with Gasteiger partial charge in [0.25, 0.3) is 0 Å². The molecule has 0 radical (unpaired) electrons. The molecule has 0 spiro atoms. The zero-order chi connectivity index (χ0) is 21.4. The monoisotopic (exact) mass is 432 g/mol. The number of piperidine rings is 1. The molecule has 1 fully saturated rings. The minimum Gasteiger partial charge on any atom is -0.357 e. The molecule has 0 aliphatic carbocycles. The van der Waals surface area contributed by atoms with E-state index in [-0.39, 0.29) is 11.8 Å². The Bertz CT molecular complexity index is 918. The Morgan fingerprint density at radius 3 is 2.60 bits per heavy atom. The van der Waals surface area contributed by atoms with Crippen LogP contribution in [0.4, 0.5) is 0 Å². The molecule has 1 aromatic carbocycles. The molecule has 2 heterocycles. The van der Waals surface area contributed by atoms with Gasteiger partial charge in [-0.05, 0) is 32.3 Å². The summed E-state index contributed by atoms with van der Waals surface area (Å²) >= 11 is 0. The third kappa shape index (κ3) is 6.06. The van der Waals surface area contributed by atoms with Crippen LogP contribution in [0.5, 0.6) is 0 Å². The second-order valence-corrected chi connectivity index (χ2v) is 9.63. The Balaban J connectivity index is 1.59. The third-order valence-electron chi connectivity index (χ3n) is 5.27. The number of nitrogens with one attached hydrogen (secondary N) is 2. The molecule has 9 heteroatoms. The van der Waals surface area contributed by atoms with E-state index in [1.807, 2.05) is 31.3 Å². The molecule has 0 bridgehead atoms. The summed E-state index contributed by atoms with van der Waals surface area (Å²) in [5.74, 6) is 1.80. The second-order valence-electron chi connectivity index (χ2n) is 7.37. The zero-order valence-corrected chi connectivity index (χ0v) is 18.6. The Morgan fingerprint density at radius 2 is 1.93 bits per heavy atom. The summed E-state index contributed by atoms with van der Waals surface area (Å²) in [6, 6.07) is 10.5. The minimum atomic E-state index is -3.11. The molecule has 0 atom stereocenters. The van der Waals surface area contributed by atoms with Gasteiger partial charge in [0, 0.05) is 44.6 Å². The zero-order valence-electron chi connectivity index (χ0n) is 17.8. The number of rotatable bonds is 8. The van der Waals surface area contributed by atoms with E-state index in [9.17, 15) is 8.42 Å². The van der Waals surface area contributed by atoms with E-state index in [0.29, 0.717) is 19.6 Å². The molecule has 8 nitrogen and oxygen atoms in total.